The zero-order chi connectivity index (χ0) is 14.5. The lowest BCUT2D eigenvalue weighted by atomic mass is 9.84. The molecule has 5 heteroatoms. The lowest BCUT2D eigenvalue weighted by Gasteiger charge is -2.27. The quantitative estimate of drug-likeness (QED) is 0.709. The maximum atomic E-state index is 12.0. The molecule has 5 nitrogen and oxygen atoms in total. The summed E-state index contributed by atoms with van der Waals surface area (Å²) in [6.07, 6.45) is 4.27. The van der Waals surface area contributed by atoms with Crippen molar-refractivity contribution < 1.29 is 9.59 Å². The number of nitrogens with two attached hydrogens (primary N) is 1. The van der Waals surface area contributed by atoms with Gasteiger partial charge in [0.2, 0.25) is 11.8 Å². The molecule has 1 aliphatic rings. The predicted octanol–water partition coefficient (Wildman–Crippen LogP) is 0.925. The van der Waals surface area contributed by atoms with Crippen LogP contribution < -0.4 is 16.4 Å². The molecule has 110 valence electrons. The molecule has 0 aromatic carbocycles. The predicted molar refractivity (Wildman–Crippen MR) is 75.5 cm³/mol. The third-order valence-electron chi connectivity index (χ3n) is 3.32. The highest BCUT2D eigenvalue weighted by Crippen LogP contribution is 2.22. The number of hydrogen-bond donors (Lipinski definition) is 3. The zero-order valence-electron chi connectivity index (χ0n) is 12.3. The molecular formula is C14H27N3O2. The van der Waals surface area contributed by atoms with Crippen LogP contribution in [-0.2, 0) is 9.59 Å². The first-order valence-electron chi connectivity index (χ1n) is 7.14. The number of amides is 2. The summed E-state index contributed by atoms with van der Waals surface area (Å²) in [5, 5.41) is 5.69. The van der Waals surface area contributed by atoms with Crippen molar-refractivity contribution in [3.8, 4) is 0 Å². The summed E-state index contributed by atoms with van der Waals surface area (Å²) in [6.45, 7) is 6.18. The van der Waals surface area contributed by atoms with Crippen molar-refractivity contribution in [2.24, 2.45) is 11.7 Å². The van der Waals surface area contributed by atoms with E-state index >= 15 is 0 Å². The summed E-state index contributed by atoms with van der Waals surface area (Å²) >= 11 is 0. The monoisotopic (exact) mass is 269 g/mol. The van der Waals surface area contributed by atoms with E-state index in [1.165, 1.54) is 0 Å². The Morgan fingerprint density at radius 3 is 2.42 bits per heavy atom. The molecule has 4 N–H and O–H groups in total. The fourth-order valence-corrected chi connectivity index (χ4v) is 2.40. The van der Waals surface area contributed by atoms with Gasteiger partial charge in [0.25, 0.3) is 0 Å². The van der Waals surface area contributed by atoms with Crippen LogP contribution in [0, 0.1) is 5.92 Å². The molecule has 0 heterocycles. The van der Waals surface area contributed by atoms with E-state index in [1.807, 2.05) is 20.8 Å². The number of nitrogens with one attached hydrogen (secondary N) is 2. The maximum Gasteiger partial charge on any atom is 0.224 e. The zero-order valence-corrected chi connectivity index (χ0v) is 12.3. The van der Waals surface area contributed by atoms with E-state index in [0.717, 1.165) is 25.7 Å². The van der Waals surface area contributed by atoms with Crippen LogP contribution >= 0.6 is 0 Å². The molecule has 2 amide bonds. The highest BCUT2D eigenvalue weighted by molar-refractivity contribution is 5.81. The Morgan fingerprint density at radius 1 is 1.21 bits per heavy atom. The van der Waals surface area contributed by atoms with Gasteiger partial charge in [0.1, 0.15) is 0 Å². The summed E-state index contributed by atoms with van der Waals surface area (Å²) in [5.74, 6) is -0.129. The summed E-state index contributed by atoms with van der Waals surface area (Å²) < 4.78 is 0. The van der Waals surface area contributed by atoms with Gasteiger partial charge in [-0.05, 0) is 33.6 Å². The molecule has 0 aromatic rings. The van der Waals surface area contributed by atoms with Crippen LogP contribution in [0.2, 0.25) is 0 Å². The van der Waals surface area contributed by atoms with Gasteiger partial charge in [-0.25, -0.2) is 0 Å². The van der Waals surface area contributed by atoms with Crippen LogP contribution in [0.5, 0.6) is 0 Å². The smallest absolute Gasteiger partial charge is 0.224 e. The molecule has 2 atom stereocenters. The SMILES string of the molecule is CC(C)(C)NC(=O)CCNC(=O)C1CCCCC1N. The van der Waals surface area contributed by atoms with Crippen molar-refractivity contribution in [2.75, 3.05) is 6.54 Å². The van der Waals surface area contributed by atoms with Gasteiger partial charge >= 0.3 is 0 Å². The lowest BCUT2D eigenvalue weighted by molar-refractivity contribution is -0.126. The van der Waals surface area contributed by atoms with Gasteiger partial charge < -0.3 is 16.4 Å². The average molecular weight is 269 g/mol. The Labute approximate surface area is 115 Å². The van der Waals surface area contributed by atoms with E-state index in [0.29, 0.717) is 13.0 Å². The largest absolute Gasteiger partial charge is 0.355 e. The van der Waals surface area contributed by atoms with E-state index in [2.05, 4.69) is 10.6 Å². The minimum Gasteiger partial charge on any atom is -0.355 e. The third-order valence-corrected chi connectivity index (χ3v) is 3.32. The van der Waals surface area contributed by atoms with Gasteiger partial charge in [-0.3, -0.25) is 9.59 Å². The molecule has 0 aromatic heterocycles. The standard InChI is InChI=1S/C14H27N3O2/c1-14(2,3)17-12(18)8-9-16-13(19)10-6-4-5-7-11(10)15/h10-11H,4-9,15H2,1-3H3,(H,16,19)(H,17,18). The molecular weight excluding hydrogens is 242 g/mol. The number of carbonyl (C=O) groups is 2. The summed E-state index contributed by atoms with van der Waals surface area (Å²) in [4.78, 5) is 23.5. The van der Waals surface area contributed by atoms with E-state index in [1.54, 1.807) is 0 Å². The molecule has 1 fully saturated rings. The second kappa shape index (κ2) is 6.89. The minimum atomic E-state index is -0.229. The molecule has 0 saturated heterocycles. The Kier molecular flexibility index (Phi) is 5.79. The van der Waals surface area contributed by atoms with Gasteiger partial charge in [0.15, 0.2) is 0 Å². The molecule has 0 radical (unpaired) electrons. The third kappa shape index (κ3) is 6.05. The summed E-state index contributed by atoms with van der Waals surface area (Å²) in [7, 11) is 0. The highest BCUT2D eigenvalue weighted by atomic mass is 16.2. The molecule has 1 aliphatic carbocycles. The first kappa shape index (κ1) is 16.0. The van der Waals surface area contributed by atoms with E-state index in [4.69, 9.17) is 5.73 Å². The van der Waals surface area contributed by atoms with Gasteiger partial charge in [-0.1, -0.05) is 12.8 Å². The van der Waals surface area contributed by atoms with Crippen molar-refractivity contribution >= 4 is 11.8 Å². The van der Waals surface area contributed by atoms with Crippen molar-refractivity contribution in [3.05, 3.63) is 0 Å². The lowest BCUT2D eigenvalue weighted by Crippen LogP contribution is -2.45. The van der Waals surface area contributed by atoms with Crippen molar-refractivity contribution in [2.45, 2.75) is 64.5 Å². The number of carbonyl (C=O) groups excluding carboxylic acids is 2. The number of hydrogen-bond acceptors (Lipinski definition) is 3. The normalized spacial score (nSPS) is 23.8. The van der Waals surface area contributed by atoms with E-state index < -0.39 is 0 Å². The van der Waals surface area contributed by atoms with Crippen molar-refractivity contribution in [3.63, 3.8) is 0 Å². The van der Waals surface area contributed by atoms with Crippen LogP contribution in [0.15, 0.2) is 0 Å². The van der Waals surface area contributed by atoms with E-state index in [9.17, 15) is 9.59 Å². The van der Waals surface area contributed by atoms with E-state index in [-0.39, 0.29) is 29.3 Å². The summed E-state index contributed by atoms with van der Waals surface area (Å²) in [5.41, 5.74) is 5.73. The molecule has 19 heavy (non-hydrogen) atoms. The Balaban J connectivity index is 2.25. The maximum absolute atomic E-state index is 12.0. The second-order valence-electron chi connectivity index (χ2n) is 6.39. The molecule has 1 rings (SSSR count). The van der Waals surface area contributed by atoms with Crippen LogP contribution in [0.3, 0.4) is 0 Å². The molecule has 1 saturated carbocycles. The Bertz CT molecular complexity index is 323. The highest BCUT2D eigenvalue weighted by Gasteiger charge is 2.27. The second-order valence-corrected chi connectivity index (χ2v) is 6.39. The first-order chi connectivity index (χ1) is 8.79. The van der Waals surface area contributed by atoms with Gasteiger partial charge in [0.05, 0.1) is 5.92 Å². The minimum absolute atomic E-state index is 0.00393. The first-order valence-corrected chi connectivity index (χ1v) is 7.14. The Morgan fingerprint density at radius 2 is 1.84 bits per heavy atom. The molecule has 0 bridgehead atoms. The molecule has 0 spiro atoms. The van der Waals surface area contributed by atoms with Gasteiger partial charge in [0, 0.05) is 24.5 Å². The fourth-order valence-electron chi connectivity index (χ4n) is 2.40. The number of rotatable bonds is 4. The Hall–Kier alpha value is -1.10. The summed E-state index contributed by atoms with van der Waals surface area (Å²) in [6, 6.07) is -0.0304. The fraction of sp³-hybridized carbons (Fsp3) is 0.857. The van der Waals surface area contributed by atoms with Gasteiger partial charge in [-0.15, -0.1) is 0 Å². The van der Waals surface area contributed by atoms with Crippen LogP contribution in [0.4, 0.5) is 0 Å². The molecule has 0 aliphatic heterocycles. The van der Waals surface area contributed by atoms with Crippen LogP contribution in [-0.4, -0.2) is 29.9 Å². The average Bonchev–Trinajstić information content (AvgIpc) is 2.26. The van der Waals surface area contributed by atoms with Gasteiger partial charge in [-0.2, -0.15) is 0 Å². The van der Waals surface area contributed by atoms with Crippen molar-refractivity contribution in [1.82, 2.24) is 10.6 Å². The topological polar surface area (TPSA) is 84.2 Å². The van der Waals surface area contributed by atoms with Crippen LogP contribution in [0.25, 0.3) is 0 Å². The van der Waals surface area contributed by atoms with Crippen LogP contribution in [0.1, 0.15) is 52.9 Å². The van der Waals surface area contributed by atoms with Crippen molar-refractivity contribution in [1.29, 1.82) is 0 Å². The molecule has 2 unspecified atom stereocenters.